The molecular formula is C16H24N2O3. The third kappa shape index (κ3) is 3.29. The monoisotopic (exact) mass is 292 g/mol. The molecule has 0 spiro atoms. The van der Waals surface area contributed by atoms with Gasteiger partial charge in [-0.05, 0) is 44.4 Å². The minimum Gasteiger partial charge on any atom is -0.496 e. The van der Waals surface area contributed by atoms with Crippen LogP contribution in [0.25, 0.3) is 0 Å². The molecular weight excluding hydrogens is 268 g/mol. The number of carbonyl (C=O) groups excluding carboxylic acids is 1. The predicted molar refractivity (Wildman–Crippen MR) is 82.0 cm³/mol. The number of hydrogen-bond acceptors (Lipinski definition) is 4. The number of carbonyl (C=O) groups is 1. The van der Waals surface area contributed by atoms with Gasteiger partial charge in [-0.1, -0.05) is 0 Å². The van der Waals surface area contributed by atoms with Crippen molar-refractivity contribution in [2.75, 3.05) is 33.9 Å². The van der Waals surface area contributed by atoms with Crippen LogP contribution in [0.5, 0.6) is 11.5 Å². The smallest absolute Gasteiger partial charge is 0.254 e. The zero-order valence-electron chi connectivity index (χ0n) is 13.0. The van der Waals surface area contributed by atoms with Crippen molar-refractivity contribution in [1.29, 1.82) is 0 Å². The van der Waals surface area contributed by atoms with Crippen LogP contribution in [-0.2, 0) is 0 Å². The molecule has 1 unspecified atom stereocenters. The minimum absolute atomic E-state index is 0.0183. The van der Waals surface area contributed by atoms with Gasteiger partial charge in [-0.25, -0.2) is 0 Å². The summed E-state index contributed by atoms with van der Waals surface area (Å²) >= 11 is 0. The molecule has 1 heterocycles. The van der Waals surface area contributed by atoms with Crippen LogP contribution in [0, 0.1) is 12.8 Å². The predicted octanol–water partition coefficient (Wildman–Crippen LogP) is 1.82. The molecule has 5 heteroatoms. The molecule has 116 valence electrons. The number of methoxy groups -OCH3 is 2. The van der Waals surface area contributed by atoms with Crippen LogP contribution in [0.1, 0.15) is 28.8 Å². The lowest BCUT2D eigenvalue weighted by Gasteiger charge is -2.32. The van der Waals surface area contributed by atoms with Crippen molar-refractivity contribution in [2.45, 2.75) is 19.8 Å². The van der Waals surface area contributed by atoms with Gasteiger partial charge in [0.2, 0.25) is 0 Å². The average molecular weight is 292 g/mol. The summed E-state index contributed by atoms with van der Waals surface area (Å²) in [6.07, 6.45) is 2.11. The van der Waals surface area contributed by atoms with Gasteiger partial charge in [-0.2, -0.15) is 0 Å². The van der Waals surface area contributed by atoms with Crippen molar-refractivity contribution in [1.82, 2.24) is 4.90 Å². The number of piperidine rings is 1. The fraction of sp³-hybridized carbons (Fsp3) is 0.562. The van der Waals surface area contributed by atoms with E-state index in [1.807, 2.05) is 11.8 Å². The molecule has 1 aliphatic heterocycles. The van der Waals surface area contributed by atoms with E-state index in [4.69, 9.17) is 15.2 Å². The molecule has 1 atom stereocenters. The SMILES string of the molecule is COc1cc(C(=O)N2CCCC(CN)C2)cc(OC)c1C. The van der Waals surface area contributed by atoms with E-state index in [0.29, 0.717) is 29.5 Å². The Kier molecular flexibility index (Phi) is 5.07. The van der Waals surface area contributed by atoms with Crippen LogP contribution >= 0.6 is 0 Å². The van der Waals surface area contributed by atoms with E-state index >= 15 is 0 Å². The van der Waals surface area contributed by atoms with E-state index in [1.165, 1.54) is 0 Å². The second-order valence-corrected chi connectivity index (χ2v) is 5.50. The summed E-state index contributed by atoms with van der Waals surface area (Å²) in [5, 5.41) is 0. The molecule has 0 aromatic heterocycles. The largest absolute Gasteiger partial charge is 0.496 e. The topological polar surface area (TPSA) is 64.8 Å². The molecule has 1 aromatic rings. The zero-order valence-corrected chi connectivity index (χ0v) is 13.0. The molecule has 1 amide bonds. The van der Waals surface area contributed by atoms with Crippen molar-refractivity contribution in [3.05, 3.63) is 23.3 Å². The summed E-state index contributed by atoms with van der Waals surface area (Å²) in [5.74, 6) is 1.76. The standard InChI is InChI=1S/C16H24N2O3/c1-11-14(20-2)7-13(8-15(11)21-3)16(19)18-6-4-5-12(9-17)10-18/h7-8,12H,4-6,9-10,17H2,1-3H3. The van der Waals surface area contributed by atoms with Gasteiger partial charge in [0.1, 0.15) is 11.5 Å². The summed E-state index contributed by atoms with van der Waals surface area (Å²) in [4.78, 5) is 14.6. The van der Waals surface area contributed by atoms with Crippen molar-refractivity contribution >= 4 is 5.91 Å². The summed E-state index contributed by atoms with van der Waals surface area (Å²) < 4.78 is 10.7. The molecule has 1 aliphatic rings. The van der Waals surface area contributed by atoms with Gasteiger partial charge in [0.25, 0.3) is 5.91 Å². The van der Waals surface area contributed by atoms with Gasteiger partial charge in [0.15, 0.2) is 0 Å². The third-order valence-corrected chi connectivity index (χ3v) is 4.14. The number of rotatable bonds is 4. The Morgan fingerprint density at radius 1 is 1.33 bits per heavy atom. The van der Waals surface area contributed by atoms with Crippen molar-refractivity contribution in [3.8, 4) is 11.5 Å². The fourth-order valence-corrected chi connectivity index (χ4v) is 2.83. The number of likely N-dealkylation sites (tertiary alicyclic amines) is 1. The number of amides is 1. The van der Waals surface area contributed by atoms with E-state index in [0.717, 1.165) is 31.5 Å². The highest BCUT2D eigenvalue weighted by Gasteiger charge is 2.25. The highest BCUT2D eigenvalue weighted by molar-refractivity contribution is 5.95. The number of nitrogens with zero attached hydrogens (tertiary/aromatic N) is 1. The Morgan fingerprint density at radius 3 is 2.48 bits per heavy atom. The number of benzene rings is 1. The molecule has 1 fully saturated rings. The fourth-order valence-electron chi connectivity index (χ4n) is 2.83. The lowest BCUT2D eigenvalue weighted by molar-refractivity contribution is 0.0677. The van der Waals surface area contributed by atoms with Crippen molar-refractivity contribution in [2.24, 2.45) is 11.7 Å². The molecule has 21 heavy (non-hydrogen) atoms. The van der Waals surface area contributed by atoms with Crippen molar-refractivity contribution < 1.29 is 14.3 Å². The second-order valence-electron chi connectivity index (χ2n) is 5.50. The van der Waals surface area contributed by atoms with E-state index in [-0.39, 0.29) is 5.91 Å². The van der Waals surface area contributed by atoms with E-state index in [2.05, 4.69) is 0 Å². The lowest BCUT2D eigenvalue weighted by Crippen LogP contribution is -2.42. The molecule has 1 saturated heterocycles. The Labute approximate surface area is 126 Å². The zero-order chi connectivity index (χ0) is 15.4. The molecule has 1 aromatic carbocycles. The quantitative estimate of drug-likeness (QED) is 0.919. The first-order chi connectivity index (χ1) is 10.1. The maximum absolute atomic E-state index is 12.7. The Hall–Kier alpha value is -1.75. The van der Waals surface area contributed by atoms with Crippen LogP contribution in [-0.4, -0.2) is 44.7 Å². The maximum atomic E-state index is 12.7. The summed E-state index contributed by atoms with van der Waals surface area (Å²) in [5.41, 5.74) is 7.24. The lowest BCUT2D eigenvalue weighted by atomic mass is 9.97. The van der Waals surface area contributed by atoms with Gasteiger partial charge in [0, 0.05) is 24.2 Å². The highest BCUT2D eigenvalue weighted by Crippen LogP contribution is 2.30. The summed E-state index contributed by atoms with van der Waals surface area (Å²) in [7, 11) is 3.20. The van der Waals surface area contributed by atoms with Crippen LogP contribution < -0.4 is 15.2 Å². The average Bonchev–Trinajstić information content (AvgIpc) is 2.54. The number of hydrogen-bond donors (Lipinski definition) is 1. The Balaban J connectivity index is 2.26. The molecule has 0 bridgehead atoms. The van der Waals surface area contributed by atoms with Crippen LogP contribution in [0.15, 0.2) is 12.1 Å². The maximum Gasteiger partial charge on any atom is 0.254 e. The number of nitrogens with two attached hydrogens (primary N) is 1. The molecule has 0 saturated carbocycles. The van der Waals surface area contributed by atoms with Crippen molar-refractivity contribution in [3.63, 3.8) is 0 Å². The normalized spacial score (nSPS) is 18.5. The van der Waals surface area contributed by atoms with Gasteiger partial charge in [-0.3, -0.25) is 4.79 Å². The van der Waals surface area contributed by atoms with Crippen LogP contribution in [0.3, 0.4) is 0 Å². The molecule has 2 rings (SSSR count). The third-order valence-electron chi connectivity index (χ3n) is 4.14. The summed E-state index contributed by atoms with van der Waals surface area (Å²) in [6, 6.07) is 3.57. The Morgan fingerprint density at radius 2 is 1.95 bits per heavy atom. The second kappa shape index (κ2) is 6.80. The van der Waals surface area contributed by atoms with Gasteiger partial charge in [0.05, 0.1) is 14.2 Å². The highest BCUT2D eigenvalue weighted by atomic mass is 16.5. The van der Waals surface area contributed by atoms with E-state index < -0.39 is 0 Å². The minimum atomic E-state index is 0.0183. The molecule has 2 N–H and O–H groups in total. The molecule has 0 aliphatic carbocycles. The first kappa shape index (κ1) is 15.6. The van der Waals surface area contributed by atoms with Gasteiger partial charge in [-0.15, -0.1) is 0 Å². The number of ether oxygens (including phenoxy) is 2. The van der Waals surface area contributed by atoms with Gasteiger partial charge < -0.3 is 20.1 Å². The summed E-state index contributed by atoms with van der Waals surface area (Å²) in [6.45, 7) is 4.06. The first-order valence-electron chi connectivity index (χ1n) is 7.32. The Bertz CT molecular complexity index is 491. The van der Waals surface area contributed by atoms with Gasteiger partial charge >= 0.3 is 0 Å². The van der Waals surface area contributed by atoms with Crippen LogP contribution in [0.4, 0.5) is 0 Å². The molecule has 0 radical (unpaired) electrons. The van der Waals surface area contributed by atoms with E-state index in [9.17, 15) is 4.79 Å². The first-order valence-corrected chi connectivity index (χ1v) is 7.32. The molecule has 5 nitrogen and oxygen atoms in total. The van der Waals surface area contributed by atoms with Crippen LogP contribution in [0.2, 0.25) is 0 Å². The van der Waals surface area contributed by atoms with E-state index in [1.54, 1.807) is 26.4 Å².